The number of hydrogen-bond donors (Lipinski definition) is 1. The third kappa shape index (κ3) is 6.27. The predicted octanol–water partition coefficient (Wildman–Crippen LogP) is 2.93. The van der Waals surface area contributed by atoms with Gasteiger partial charge < -0.3 is 28.8 Å². The summed E-state index contributed by atoms with van der Waals surface area (Å²) in [7, 11) is 2.84. The van der Waals surface area contributed by atoms with Crippen LogP contribution < -0.4 is 10.1 Å². The van der Waals surface area contributed by atoms with Gasteiger partial charge in [0.1, 0.15) is 12.0 Å². The molecule has 0 saturated carbocycles. The van der Waals surface area contributed by atoms with Crippen LogP contribution in [0, 0.1) is 0 Å². The number of carbonyl (C=O) groups excluding carboxylic acids is 2. The number of benzene rings is 1. The summed E-state index contributed by atoms with van der Waals surface area (Å²) in [4.78, 5) is 29.8. The van der Waals surface area contributed by atoms with Gasteiger partial charge in [-0.1, -0.05) is 0 Å². The molecule has 0 aliphatic carbocycles. The van der Waals surface area contributed by atoms with E-state index in [1.807, 2.05) is 6.92 Å². The first kappa shape index (κ1) is 21.2. The minimum Gasteiger partial charge on any atom is -0.497 e. The number of esters is 1. The molecule has 0 spiro atoms. The van der Waals surface area contributed by atoms with E-state index in [1.165, 1.54) is 18.3 Å². The molecule has 1 aromatic carbocycles. The summed E-state index contributed by atoms with van der Waals surface area (Å²) in [5.41, 5.74) is 0.686. The first-order valence-electron chi connectivity index (χ1n) is 8.87. The molecule has 1 N–H and O–H groups in total. The van der Waals surface area contributed by atoms with Crippen LogP contribution in [0.5, 0.6) is 5.75 Å². The van der Waals surface area contributed by atoms with Gasteiger partial charge in [0, 0.05) is 25.4 Å². The molecule has 152 valence electrons. The number of oxazole rings is 1. The molecule has 0 radical (unpaired) electrons. The Morgan fingerprint density at radius 3 is 2.61 bits per heavy atom. The van der Waals surface area contributed by atoms with E-state index in [2.05, 4.69) is 15.0 Å². The number of methoxy groups -OCH3 is 2. The van der Waals surface area contributed by atoms with Crippen LogP contribution in [0.4, 0.5) is 10.5 Å². The number of anilines is 1. The Kier molecular flexibility index (Phi) is 8.29. The lowest BCUT2D eigenvalue weighted by Crippen LogP contribution is -2.35. The summed E-state index contributed by atoms with van der Waals surface area (Å²) in [6.45, 7) is 3.58. The predicted molar refractivity (Wildman–Crippen MR) is 101 cm³/mol. The van der Waals surface area contributed by atoms with Crippen molar-refractivity contribution in [2.45, 2.75) is 19.9 Å². The molecule has 2 rings (SSSR count). The van der Waals surface area contributed by atoms with E-state index in [0.717, 1.165) is 0 Å². The highest BCUT2D eigenvalue weighted by Crippen LogP contribution is 2.16. The van der Waals surface area contributed by atoms with Crippen molar-refractivity contribution >= 4 is 17.7 Å². The Bertz CT molecular complexity index is 759. The highest BCUT2D eigenvalue weighted by molar-refractivity contribution is 5.89. The maximum atomic E-state index is 12.7. The van der Waals surface area contributed by atoms with Gasteiger partial charge in [-0.3, -0.25) is 0 Å². The number of amides is 2. The lowest BCUT2D eigenvalue weighted by molar-refractivity contribution is 0.0594. The maximum Gasteiger partial charge on any atom is 0.360 e. The second-order valence-corrected chi connectivity index (χ2v) is 5.75. The Balaban J connectivity index is 2.04. The van der Waals surface area contributed by atoms with E-state index in [1.54, 1.807) is 31.4 Å². The summed E-state index contributed by atoms with van der Waals surface area (Å²) in [6.07, 6.45) is 1.86. The van der Waals surface area contributed by atoms with Gasteiger partial charge in [0.25, 0.3) is 0 Å². The largest absolute Gasteiger partial charge is 0.497 e. The molecule has 2 amide bonds. The zero-order chi connectivity index (χ0) is 20.4. The number of rotatable bonds is 10. The minimum absolute atomic E-state index is 0.0577. The second kappa shape index (κ2) is 10.9. The van der Waals surface area contributed by atoms with Crippen molar-refractivity contribution < 1.29 is 28.2 Å². The molecule has 9 nitrogen and oxygen atoms in total. The molecule has 0 bridgehead atoms. The van der Waals surface area contributed by atoms with E-state index in [-0.39, 0.29) is 24.2 Å². The fraction of sp³-hybridized carbons (Fsp3) is 0.421. The molecule has 2 aromatic rings. The van der Waals surface area contributed by atoms with Crippen molar-refractivity contribution in [2.24, 2.45) is 0 Å². The zero-order valence-corrected chi connectivity index (χ0v) is 16.3. The maximum absolute atomic E-state index is 12.7. The lowest BCUT2D eigenvalue weighted by atomic mass is 10.3. The Hall–Kier alpha value is -3.07. The third-order valence-electron chi connectivity index (χ3n) is 3.82. The SMILES string of the molecule is CCOCCCN(Cc1nc(C(=O)OC)co1)C(=O)Nc1ccc(OC)cc1. The van der Waals surface area contributed by atoms with Crippen molar-refractivity contribution in [3.8, 4) is 5.75 Å². The number of urea groups is 1. The molecule has 0 unspecified atom stereocenters. The molecule has 1 heterocycles. The van der Waals surface area contributed by atoms with Gasteiger partial charge in [0.15, 0.2) is 5.69 Å². The molecule has 0 aliphatic heterocycles. The summed E-state index contributed by atoms with van der Waals surface area (Å²) in [5, 5.41) is 2.82. The van der Waals surface area contributed by atoms with Gasteiger partial charge in [0.2, 0.25) is 5.89 Å². The second-order valence-electron chi connectivity index (χ2n) is 5.75. The van der Waals surface area contributed by atoms with Crippen LogP contribution in [0.15, 0.2) is 34.9 Å². The van der Waals surface area contributed by atoms with Crippen LogP contribution in [0.25, 0.3) is 0 Å². The van der Waals surface area contributed by atoms with Gasteiger partial charge in [-0.2, -0.15) is 0 Å². The number of nitrogens with one attached hydrogen (secondary N) is 1. The molecule has 9 heteroatoms. The van der Waals surface area contributed by atoms with Crippen LogP contribution in [0.3, 0.4) is 0 Å². The van der Waals surface area contributed by atoms with Gasteiger partial charge in [-0.25, -0.2) is 14.6 Å². The molecule has 28 heavy (non-hydrogen) atoms. The van der Waals surface area contributed by atoms with E-state index < -0.39 is 5.97 Å². The Morgan fingerprint density at radius 1 is 1.21 bits per heavy atom. The topological polar surface area (TPSA) is 103 Å². The molecule has 0 saturated heterocycles. The van der Waals surface area contributed by atoms with Crippen molar-refractivity contribution in [3.63, 3.8) is 0 Å². The van der Waals surface area contributed by atoms with Gasteiger partial charge in [-0.15, -0.1) is 0 Å². The van der Waals surface area contributed by atoms with E-state index in [4.69, 9.17) is 13.9 Å². The summed E-state index contributed by atoms with van der Waals surface area (Å²) >= 11 is 0. The summed E-state index contributed by atoms with van der Waals surface area (Å²) < 4.78 is 20.4. The molecular formula is C19H25N3O6. The van der Waals surface area contributed by atoms with Crippen LogP contribution in [0.1, 0.15) is 29.7 Å². The molecule has 1 aromatic heterocycles. The lowest BCUT2D eigenvalue weighted by Gasteiger charge is -2.21. The highest BCUT2D eigenvalue weighted by Gasteiger charge is 2.19. The average Bonchev–Trinajstić information content (AvgIpc) is 3.18. The van der Waals surface area contributed by atoms with Gasteiger partial charge >= 0.3 is 12.0 Å². The van der Waals surface area contributed by atoms with Gasteiger partial charge in [0.05, 0.1) is 20.8 Å². The van der Waals surface area contributed by atoms with Crippen LogP contribution in [0.2, 0.25) is 0 Å². The van der Waals surface area contributed by atoms with E-state index in [9.17, 15) is 9.59 Å². The standard InChI is InChI=1S/C19H25N3O6/c1-4-27-11-5-10-22(12-17-21-16(13-28-17)18(23)26-3)19(24)20-14-6-8-15(25-2)9-7-14/h6-9,13H,4-5,10-12H2,1-3H3,(H,20,24). The summed E-state index contributed by atoms with van der Waals surface area (Å²) in [5.74, 6) is 0.337. The quantitative estimate of drug-likeness (QED) is 0.490. The number of hydrogen-bond acceptors (Lipinski definition) is 7. The average molecular weight is 391 g/mol. The third-order valence-corrected chi connectivity index (χ3v) is 3.82. The first-order chi connectivity index (χ1) is 13.6. The first-order valence-corrected chi connectivity index (χ1v) is 8.87. The number of aromatic nitrogens is 1. The highest BCUT2D eigenvalue weighted by atomic mass is 16.5. The smallest absolute Gasteiger partial charge is 0.360 e. The fourth-order valence-electron chi connectivity index (χ4n) is 2.38. The van der Waals surface area contributed by atoms with Crippen molar-refractivity contribution in [1.82, 2.24) is 9.88 Å². The van der Waals surface area contributed by atoms with Crippen molar-refractivity contribution in [1.29, 1.82) is 0 Å². The molecule has 0 atom stereocenters. The van der Waals surface area contributed by atoms with Crippen molar-refractivity contribution in [3.05, 3.63) is 42.1 Å². The van der Waals surface area contributed by atoms with Crippen LogP contribution in [-0.2, 0) is 16.0 Å². The molecule has 0 fully saturated rings. The van der Waals surface area contributed by atoms with Crippen molar-refractivity contribution in [2.75, 3.05) is 39.3 Å². The monoisotopic (exact) mass is 391 g/mol. The minimum atomic E-state index is -0.597. The van der Waals surface area contributed by atoms with Crippen LogP contribution >= 0.6 is 0 Å². The Morgan fingerprint density at radius 2 is 1.96 bits per heavy atom. The molecule has 0 aliphatic rings. The number of nitrogens with zero attached hydrogens (tertiary/aromatic N) is 2. The van der Waals surface area contributed by atoms with E-state index >= 15 is 0 Å². The molecular weight excluding hydrogens is 366 g/mol. The normalized spacial score (nSPS) is 10.4. The Labute approximate surface area is 163 Å². The number of carbonyl (C=O) groups is 2. The van der Waals surface area contributed by atoms with Gasteiger partial charge in [-0.05, 0) is 37.6 Å². The van der Waals surface area contributed by atoms with Crippen LogP contribution in [-0.4, -0.2) is 55.9 Å². The summed E-state index contributed by atoms with van der Waals surface area (Å²) in [6, 6.07) is 6.68. The van der Waals surface area contributed by atoms with E-state index in [0.29, 0.717) is 37.6 Å². The number of ether oxygens (including phenoxy) is 3. The fourth-order valence-corrected chi connectivity index (χ4v) is 2.38. The zero-order valence-electron chi connectivity index (χ0n) is 16.3.